The van der Waals surface area contributed by atoms with Gasteiger partial charge in [0.15, 0.2) is 0 Å². The maximum Gasteiger partial charge on any atom is 0.524 e. The summed E-state index contributed by atoms with van der Waals surface area (Å²) in [6.07, 6.45) is 4.46. The average Bonchev–Trinajstić information content (AvgIpc) is 3.98. The maximum absolute atomic E-state index is 12.9. The van der Waals surface area contributed by atoms with Gasteiger partial charge in [0, 0.05) is 69.6 Å². The molecule has 8 nitrogen and oxygen atoms in total. The van der Waals surface area contributed by atoms with Crippen molar-refractivity contribution in [2.75, 3.05) is 0 Å². The van der Waals surface area contributed by atoms with Crippen LogP contribution in [0, 0.1) is 0 Å². The van der Waals surface area contributed by atoms with E-state index in [1.807, 2.05) is 0 Å². The fraction of sp³-hybridized carbons (Fsp3) is 0.302. The first-order valence-electron chi connectivity index (χ1n) is 18.8. The summed E-state index contributed by atoms with van der Waals surface area (Å²) in [7, 11) is -10.1. The first kappa shape index (κ1) is 30.3. The van der Waals surface area contributed by atoms with Gasteiger partial charge < -0.3 is 9.05 Å². The summed E-state index contributed by atoms with van der Waals surface area (Å²) >= 11 is 0. The highest BCUT2D eigenvalue weighted by Gasteiger charge is 2.56. The van der Waals surface area contributed by atoms with Crippen molar-refractivity contribution in [3.05, 3.63) is 162 Å². The molecule has 10 heteroatoms. The summed E-state index contributed by atoms with van der Waals surface area (Å²) in [5, 5.41) is 0. The van der Waals surface area contributed by atoms with Crippen LogP contribution in [0.2, 0.25) is 0 Å². The largest absolute Gasteiger partial charge is 0.524 e. The number of hydrogen-bond acceptors (Lipinski definition) is 4. The molecule has 0 saturated carbocycles. The number of hydrogen-bond donors (Lipinski definition) is 4. The SMILES string of the molecule is O=P(O)(O)Oc1c2c(c(OP(=O)(O)O)c3c1C1CC3c3cc4c(cc31)C1C[C@H]4c3ccccc31)C1CC2c2cc3c(cc21)C1CCC3c2ccccc21. The predicted octanol–water partition coefficient (Wildman–Crippen LogP) is 8.94. The number of fused-ring (bicyclic) bond motifs is 25. The Balaban J connectivity index is 1.03. The van der Waals surface area contributed by atoms with Crippen molar-refractivity contribution in [1.29, 1.82) is 0 Å². The molecule has 5 aromatic rings. The van der Waals surface area contributed by atoms with Gasteiger partial charge in [-0.2, -0.15) is 0 Å². The molecule has 0 radical (unpaired) electrons. The fourth-order valence-corrected chi connectivity index (χ4v) is 14.0. The number of phosphoric acid groups is 2. The highest BCUT2D eigenvalue weighted by molar-refractivity contribution is 7.47. The highest BCUT2D eigenvalue weighted by Crippen LogP contribution is 2.72. The van der Waals surface area contributed by atoms with Gasteiger partial charge in [-0.25, -0.2) is 9.13 Å². The smallest absolute Gasteiger partial charge is 0.404 e. The fourth-order valence-electron chi connectivity index (χ4n) is 13.1. The molecule has 8 atom stereocenters. The van der Waals surface area contributed by atoms with Crippen molar-refractivity contribution in [2.45, 2.75) is 79.4 Å². The number of phosphoric ester groups is 2. The van der Waals surface area contributed by atoms with Crippen molar-refractivity contribution in [3.8, 4) is 11.5 Å². The third-order valence-corrected chi connectivity index (χ3v) is 15.4. The standard InChI is InChI=1S/C43H34O8P2/c44-52(45,46)50-42-38-34-16-35(31-13-27-23-10-9-22(26(27)12-30(31)34)18-5-1-2-6-19(18)23)39(38)43(51-53(47,48)49)41-37-17-36(40(41)42)32-14-28-24-11-25(29(28)15-33(32)37)21-8-4-3-7-20(21)24/h1-8,12-15,22-25,34-37H,9-11,16-17H2,(H2,44,45,46)(H2,47,48,49)/t22?,23?,24-,25?,34?,35?,36?,37?/m0/s1. The zero-order valence-electron chi connectivity index (χ0n) is 28.4. The molecule has 9 aliphatic carbocycles. The van der Waals surface area contributed by atoms with Gasteiger partial charge in [-0.3, -0.25) is 19.6 Å². The Morgan fingerprint density at radius 3 is 0.981 bits per heavy atom. The van der Waals surface area contributed by atoms with Gasteiger partial charge in [0.05, 0.1) is 0 Å². The van der Waals surface area contributed by atoms with E-state index in [0.717, 1.165) is 41.5 Å². The molecule has 0 amide bonds. The van der Waals surface area contributed by atoms with E-state index in [9.17, 15) is 28.7 Å². The van der Waals surface area contributed by atoms with Gasteiger partial charge in [0.25, 0.3) is 0 Å². The molecule has 264 valence electrons. The first-order chi connectivity index (χ1) is 25.5. The molecule has 0 saturated heterocycles. The Morgan fingerprint density at radius 2 is 0.660 bits per heavy atom. The van der Waals surface area contributed by atoms with Crippen LogP contribution in [0.25, 0.3) is 0 Å². The first-order valence-corrected chi connectivity index (χ1v) is 21.8. The third kappa shape index (κ3) is 3.73. The van der Waals surface area contributed by atoms with Crippen molar-refractivity contribution >= 4 is 15.6 Å². The Hall–Kier alpha value is -4.00. The van der Waals surface area contributed by atoms with E-state index >= 15 is 0 Å². The van der Waals surface area contributed by atoms with Gasteiger partial charge in [0.1, 0.15) is 11.5 Å². The van der Waals surface area contributed by atoms with Crippen LogP contribution in [0.15, 0.2) is 72.8 Å². The number of rotatable bonds is 4. The van der Waals surface area contributed by atoms with Gasteiger partial charge in [-0.1, -0.05) is 72.8 Å². The van der Waals surface area contributed by atoms with Crippen LogP contribution in [0.4, 0.5) is 0 Å². The van der Waals surface area contributed by atoms with Gasteiger partial charge in [-0.05, 0) is 98.9 Å². The molecule has 14 rings (SSSR count). The second-order valence-electron chi connectivity index (χ2n) is 16.7. The van der Waals surface area contributed by atoms with Crippen molar-refractivity contribution in [2.24, 2.45) is 0 Å². The molecule has 0 fully saturated rings. The average molecular weight is 741 g/mol. The zero-order valence-corrected chi connectivity index (χ0v) is 30.2. The topological polar surface area (TPSA) is 134 Å². The quantitative estimate of drug-likeness (QED) is 0.134. The van der Waals surface area contributed by atoms with Crippen LogP contribution < -0.4 is 9.05 Å². The summed E-state index contributed by atoms with van der Waals surface area (Å²) in [6.45, 7) is 0. The second kappa shape index (κ2) is 9.62. The van der Waals surface area contributed by atoms with Crippen LogP contribution in [0.1, 0.15) is 168 Å². The van der Waals surface area contributed by atoms with E-state index in [0.29, 0.717) is 58.8 Å². The van der Waals surface area contributed by atoms with E-state index < -0.39 is 15.6 Å². The van der Waals surface area contributed by atoms with Crippen LogP contribution in [-0.4, -0.2) is 19.6 Å². The summed E-state index contributed by atoms with van der Waals surface area (Å²) in [5.74, 6) is 0.617. The summed E-state index contributed by atoms with van der Waals surface area (Å²) in [4.78, 5) is 41.9. The molecule has 53 heavy (non-hydrogen) atoms. The van der Waals surface area contributed by atoms with Crippen LogP contribution >= 0.6 is 15.6 Å². The minimum absolute atomic E-state index is 0.189. The van der Waals surface area contributed by atoms with E-state index in [2.05, 4.69) is 72.8 Å². The molecule has 9 aliphatic rings. The minimum Gasteiger partial charge on any atom is -0.404 e. The van der Waals surface area contributed by atoms with Crippen LogP contribution in [0.5, 0.6) is 11.5 Å². The zero-order chi connectivity index (χ0) is 35.4. The molecule has 8 bridgehead atoms. The Bertz CT molecular complexity index is 2510. The van der Waals surface area contributed by atoms with E-state index in [4.69, 9.17) is 9.05 Å². The second-order valence-corrected chi connectivity index (χ2v) is 19.0. The predicted molar refractivity (Wildman–Crippen MR) is 195 cm³/mol. The van der Waals surface area contributed by atoms with Gasteiger partial charge in [0.2, 0.25) is 0 Å². The minimum atomic E-state index is -5.04. The summed E-state index contributed by atoms with van der Waals surface area (Å²) < 4.78 is 37.4. The lowest BCUT2D eigenvalue weighted by atomic mass is 9.62. The number of benzene rings is 5. The molecule has 0 spiro atoms. The van der Waals surface area contributed by atoms with Crippen LogP contribution in [-0.2, 0) is 9.13 Å². The van der Waals surface area contributed by atoms with Gasteiger partial charge >= 0.3 is 15.6 Å². The normalized spacial score (nSPS) is 28.9. The monoisotopic (exact) mass is 740 g/mol. The third-order valence-electron chi connectivity index (χ3n) is 14.6. The molecular weight excluding hydrogens is 706 g/mol. The van der Waals surface area contributed by atoms with E-state index in [1.54, 1.807) is 0 Å². The van der Waals surface area contributed by atoms with Crippen LogP contribution in [0.3, 0.4) is 0 Å². The van der Waals surface area contributed by atoms with E-state index in [-0.39, 0.29) is 35.2 Å². The molecule has 0 aromatic heterocycles. The molecule has 0 heterocycles. The highest BCUT2D eigenvalue weighted by atomic mass is 31.2. The molecule has 5 aromatic carbocycles. The van der Waals surface area contributed by atoms with Crippen molar-refractivity contribution < 1.29 is 37.8 Å². The Morgan fingerprint density at radius 1 is 0.396 bits per heavy atom. The Kier molecular flexibility index (Phi) is 5.51. The lowest BCUT2D eigenvalue weighted by Crippen LogP contribution is -2.25. The maximum atomic E-state index is 12.9. The van der Waals surface area contributed by atoms with E-state index in [1.165, 1.54) is 44.5 Å². The lowest BCUT2D eigenvalue weighted by molar-refractivity contribution is 0.275. The van der Waals surface area contributed by atoms with Crippen molar-refractivity contribution in [3.63, 3.8) is 0 Å². The van der Waals surface area contributed by atoms with Crippen molar-refractivity contribution in [1.82, 2.24) is 0 Å². The molecule has 7 unspecified atom stereocenters. The Labute approximate surface area is 305 Å². The lowest BCUT2D eigenvalue weighted by Gasteiger charge is -2.41. The molecular formula is C43H34O8P2. The molecule has 4 N–H and O–H groups in total. The molecule has 0 aliphatic heterocycles. The summed E-state index contributed by atoms with van der Waals surface area (Å²) in [5.41, 5.74) is 17.8. The summed E-state index contributed by atoms with van der Waals surface area (Å²) in [6, 6.07) is 26.7. The van der Waals surface area contributed by atoms with Gasteiger partial charge in [-0.15, -0.1) is 0 Å².